The topological polar surface area (TPSA) is 15.7 Å². The van der Waals surface area contributed by atoms with Gasteiger partial charge in [-0.1, -0.05) is 35.3 Å². The second-order valence-corrected chi connectivity index (χ2v) is 8.42. The number of benzene rings is 2. The Morgan fingerprint density at radius 1 is 1.00 bits per heavy atom. The van der Waals surface area contributed by atoms with Gasteiger partial charge in [0.15, 0.2) is 0 Å². The number of likely N-dealkylation sites (tertiary alicyclic amines) is 2. The van der Waals surface area contributed by atoms with Crippen LogP contribution in [0.15, 0.2) is 42.5 Å². The van der Waals surface area contributed by atoms with E-state index in [0.717, 1.165) is 43.8 Å². The van der Waals surface area contributed by atoms with Gasteiger partial charge in [0.2, 0.25) is 0 Å². The zero-order valence-corrected chi connectivity index (χ0v) is 17.1. The summed E-state index contributed by atoms with van der Waals surface area (Å²) in [5.74, 6) is 0.253. The first kappa shape index (κ1) is 20.8. The van der Waals surface area contributed by atoms with Crippen molar-refractivity contribution in [3.05, 3.63) is 63.6 Å². The highest BCUT2D eigenvalue weighted by Gasteiger charge is 2.42. The van der Waals surface area contributed by atoms with Crippen LogP contribution in [0.2, 0.25) is 10.0 Å². The maximum Gasteiger partial charge on any atom is 0.416 e. The standard InChI is InChI=1S/C21H21Cl2F3N2O/c22-16-5-4-14(20(23)9-16)11-28-13-17-10-18(28)12-27(17)6-7-29-19-3-1-2-15(8-19)21(24,25)26/h1-5,8-9,17-18H,6-7,10-13H2/t17?,18-/m0/s1. The first-order valence-corrected chi connectivity index (χ1v) is 10.3. The van der Waals surface area contributed by atoms with E-state index in [1.165, 1.54) is 6.07 Å². The second-order valence-electron chi connectivity index (χ2n) is 7.58. The molecule has 3 nitrogen and oxygen atoms in total. The minimum atomic E-state index is -4.36. The van der Waals surface area contributed by atoms with Crippen molar-refractivity contribution in [2.24, 2.45) is 0 Å². The van der Waals surface area contributed by atoms with Crippen LogP contribution < -0.4 is 4.74 Å². The van der Waals surface area contributed by atoms with E-state index in [-0.39, 0.29) is 5.75 Å². The number of alkyl halides is 3. The summed E-state index contributed by atoms with van der Waals surface area (Å²) in [5, 5.41) is 1.32. The smallest absolute Gasteiger partial charge is 0.416 e. The molecule has 2 aromatic rings. The van der Waals surface area contributed by atoms with E-state index in [1.807, 2.05) is 12.1 Å². The Bertz CT molecular complexity index is 877. The molecule has 2 atom stereocenters. The van der Waals surface area contributed by atoms with Gasteiger partial charge in [-0.05, 0) is 42.3 Å². The van der Waals surface area contributed by atoms with Crippen molar-refractivity contribution < 1.29 is 17.9 Å². The molecule has 2 aromatic carbocycles. The van der Waals surface area contributed by atoms with E-state index in [1.54, 1.807) is 12.1 Å². The predicted octanol–water partition coefficient (Wildman–Crippen LogP) is 5.35. The van der Waals surface area contributed by atoms with Crippen molar-refractivity contribution in [1.82, 2.24) is 9.80 Å². The third kappa shape index (κ3) is 4.82. The minimum absolute atomic E-state index is 0.253. The molecular weight excluding hydrogens is 424 g/mol. The molecule has 0 N–H and O–H groups in total. The summed E-state index contributed by atoms with van der Waals surface area (Å²) in [6.45, 7) is 3.75. The molecule has 0 aromatic heterocycles. The zero-order chi connectivity index (χ0) is 20.6. The van der Waals surface area contributed by atoms with E-state index in [9.17, 15) is 13.2 Å². The number of ether oxygens (including phenoxy) is 1. The van der Waals surface area contributed by atoms with Crippen molar-refractivity contribution in [1.29, 1.82) is 0 Å². The lowest BCUT2D eigenvalue weighted by Gasteiger charge is -2.34. The summed E-state index contributed by atoms with van der Waals surface area (Å²) in [7, 11) is 0. The van der Waals surface area contributed by atoms with E-state index < -0.39 is 11.7 Å². The lowest BCUT2D eigenvalue weighted by molar-refractivity contribution is -0.137. The van der Waals surface area contributed by atoms with Gasteiger partial charge >= 0.3 is 6.18 Å². The lowest BCUT2D eigenvalue weighted by atomic mass is 10.2. The van der Waals surface area contributed by atoms with Gasteiger partial charge in [-0.3, -0.25) is 9.80 Å². The van der Waals surface area contributed by atoms with Crippen LogP contribution in [0.4, 0.5) is 13.2 Å². The molecule has 2 fully saturated rings. The van der Waals surface area contributed by atoms with Crippen LogP contribution in [0.1, 0.15) is 17.5 Å². The first-order valence-electron chi connectivity index (χ1n) is 9.51. The van der Waals surface area contributed by atoms with Gasteiger partial charge < -0.3 is 4.74 Å². The minimum Gasteiger partial charge on any atom is -0.492 e. The molecule has 4 rings (SSSR count). The molecule has 2 saturated heterocycles. The molecule has 8 heteroatoms. The quantitative estimate of drug-likeness (QED) is 0.597. The molecule has 0 amide bonds. The maximum atomic E-state index is 12.8. The van der Waals surface area contributed by atoms with Crippen LogP contribution >= 0.6 is 23.2 Å². The fourth-order valence-corrected chi connectivity index (χ4v) is 4.68. The van der Waals surface area contributed by atoms with E-state index in [4.69, 9.17) is 27.9 Å². The lowest BCUT2D eigenvalue weighted by Crippen LogP contribution is -2.47. The Labute approximate surface area is 177 Å². The molecule has 2 heterocycles. The van der Waals surface area contributed by atoms with Crippen LogP contribution in [0.25, 0.3) is 0 Å². The Hall–Kier alpha value is -1.47. The second kappa shape index (κ2) is 8.34. The fraction of sp³-hybridized carbons (Fsp3) is 0.429. The van der Waals surface area contributed by atoms with Gasteiger partial charge in [0.05, 0.1) is 5.56 Å². The number of rotatable bonds is 6. The number of hydrogen-bond acceptors (Lipinski definition) is 3. The Kier molecular flexibility index (Phi) is 5.98. The summed E-state index contributed by atoms with van der Waals surface area (Å²) in [5.41, 5.74) is 0.384. The normalized spacial score (nSPS) is 22.4. The SMILES string of the molecule is FC(F)(F)c1cccc(OCCN2C[C@@H]3CC2CN3Cc2ccc(Cl)cc2Cl)c1. The molecule has 1 unspecified atom stereocenters. The number of piperazine rings is 1. The van der Waals surface area contributed by atoms with E-state index in [0.29, 0.717) is 35.3 Å². The van der Waals surface area contributed by atoms with Crippen molar-refractivity contribution in [3.63, 3.8) is 0 Å². The Balaban J connectivity index is 1.26. The van der Waals surface area contributed by atoms with Crippen LogP contribution in [0.5, 0.6) is 5.75 Å². The van der Waals surface area contributed by atoms with Gasteiger partial charge in [-0.2, -0.15) is 13.2 Å². The summed E-state index contributed by atoms with van der Waals surface area (Å²) in [4.78, 5) is 4.79. The van der Waals surface area contributed by atoms with E-state index in [2.05, 4.69) is 9.80 Å². The molecule has 0 saturated carbocycles. The molecular formula is C21H21Cl2F3N2O. The third-order valence-electron chi connectivity index (χ3n) is 5.66. The van der Waals surface area contributed by atoms with Crippen LogP contribution in [-0.4, -0.2) is 48.1 Å². The van der Waals surface area contributed by atoms with Gasteiger partial charge in [-0.25, -0.2) is 0 Å². The van der Waals surface area contributed by atoms with Gasteiger partial charge in [0.25, 0.3) is 0 Å². The first-order chi connectivity index (χ1) is 13.8. The molecule has 2 aliphatic heterocycles. The molecule has 2 aliphatic rings. The van der Waals surface area contributed by atoms with E-state index >= 15 is 0 Å². The molecule has 0 radical (unpaired) electrons. The third-order valence-corrected chi connectivity index (χ3v) is 6.25. The fourth-order valence-electron chi connectivity index (χ4n) is 4.21. The zero-order valence-electron chi connectivity index (χ0n) is 15.6. The predicted molar refractivity (Wildman–Crippen MR) is 108 cm³/mol. The maximum absolute atomic E-state index is 12.8. The average molecular weight is 445 g/mol. The Morgan fingerprint density at radius 3 is 2.45 bits per heavy atom. The van der Waals surface area contributed by atoms with Crippen molar-refractivity contribution in [2.45, 2.75) is 31.2 Å². The number of halogens is 5. The van der Waals surface area contributed by atoms with Gasteiger partial charge in [0.1, 0.15) is 12.4 Å². The largest absolute Gasteiger partial charge is 0.492 e. The van der Waals surface area contributed by atoms with Crippen molar-refractivity contribution >= 4 is 23.2 Å². The van der Waals surface area contributed by atoms with Crippen molar-refractivity contribution in [2.75, 3.05) is 26.2 Å². The molecule has 0 spiro atoms. The summed E-state index contributed by atoms with van der Waals surface area (Å²) >= 11 is 12.3. The summed E-state index contributed by atoms with van der Waals surface area (Å²) in [6.07, 6.45) is -3.27. The van der Waals surface area contributed by atoms with Crippen LogP contribution in [0, 0.1) is 0 Å². The highest BCUT2D eigenvalue weighted by Crippen LogP contribution is 2.34. The monoisotopic (exact) mass is 444 g/mol. The Morgan fingerprint density at radius 2 is 1.76 bits per heavy atom. The van der Waals surface area contributed by atoms with Crippen molar-refractivity contribution in [3.8, 4) is 5.75 Å². The number of hydrogen-bond donors (Lipinski definition) is 0. The summed E-state index contributed by atoms with van der Waals surface area (Å²) in [6, 6.07) is 11.5. The summed E-state index contributed by atoms with van der Waals surface area (Å²) < 4.78 is 44.0. The number of fused-ring (bicyclic) bond motifs is 2. The molecule has 29 heavy (non-hydrogen) atoms. The van der Waals surface area contributed by atoms with Gasteiger partial charge in [-0.15, -0.1) is 0 Å². The molecule has 2 bridgehead atoms. The van der Waals surface area contributed by atoms with Crippen LogP contribution in [-0.2, 0) is 12.7 Å². The number of nitrogens with zero attached hydrogens (tertiary/aromatic N) is 2. The molecule has 0 aliphatic carbocycles. The van der Waals surface area contributed by atoms with Gasteiger partial charge in [0, 0.05) is 48.3 Å². The molecule has 156 valence electrons. The van der Waals surface area contributed by atoms with Crippen LogP contribution in [0.3, 0.4) is 0 Å². The average Bonchev–Trinajstić information content (AvgIpc) is 3.24. The highest BCUT2D eigenvalue weighted by atomic mass is 35.5. The highest BCUT2D eigenvalue weighted by molar-refractivity contribution is 6.35.